The van der Waals surface area contributed by atoms with Crippen molar-refractivity contribution in [2.45, 2.75) is 0 Å². The maximum absolute atomic E-state index is 12.3. The number of hydrogen-bond acceptors (Lipinski definition) is 5. The van der Waals surface area contributed by atoms with Gasteiger partial charge in [0.05, 0.1) is 12.8 Å². The zero-order valence-electron chi connectivity index (χ0n) is 14.0. The summed E-state index contributed by atoms with van der Waals surface area (Å²) in [5, 5.41) is 5.55. The number of methoxy groups -OCH3 is 1. The first kappa shape index (κ1) is 17.1. The molecule has 0 bridgehead atoms. The van der Waals surface area contributed by atoms with Crippen molar-refractivity contribution in [2.75, 3.05) is 17.7 Å². The van der Waals surface area contributed by atoms with Crippen molar-refractivity contribution in [1.82, 2.24) is 9.97 Å². The van der Waals surface area contributed by atoms with E-state index in [1.165, 1.54) is 7.11 Å². The molecule has 0 unspecified atom stereocenters. The Kier molecular flexibility index (Phi) is 5.19. The predicted octanol–water partition coefficient (Wildman–Crippen LogP) is 2.99. The van der Waals surface area contributed by atoms with Crippen molar-refractivity contribution in [1.29, 1.82) is 0 Å². The first-order valence-corrected chi connectivity index (χ1v) is 7.78. The Morgan fingerprint density at radius 1 is 0.808 bits per heavy atom. The van der Waals surface area contributed by atoms with Crippen LogP contribution in [0.2, 0.25) is 0 Å². The summed E-state index contributed by atoms with van der Waals surface area (Å²) in [6.45, 7) is 0. The molecule has 7 nitrogen and oxygen atoms in total. The molecule has 130 valence electrons. The van der Waals surface area contributed by atoms with E-state index >= 15 is 0 Å². The molecule has 3 rings (SSSR count). The highest BCUT2D eigenvalue weighted by Crippen LogP contribution is 2.28. The molecule has 0 fully saturated rings. The molecule has 1 aromatic carbocycles. The van der Waals surface area contributed by atoms with Gasteiger partial charge in [0.2, 0.25) is 0 Å². The molecule has 0 saturated heterocycles. The molecule has 7 heteroatoms. The highest BCUT2D eigenvalue weighted by atomic mass is 16.5. The molecule has 0 saturated carbocycles. The highest BCUT2D eigenvalue weighted by Gasteiger charge is 2.12. The van der Waals surface area contributed by atoms with E-state index in [9.17, 15) is 9.59 Å². The van der Waals surface area contributed by atoms with Crippen molar-refractivity contribution in [2.24, 2.45) is 0 Å². The lowest BCUT2D eigenvalue weighted by Gasteiger charge is -2.12. The van der Waals surface area contributed by atoms with E-state index < -0.39 is 0 Å². The van der Waals surface area contributed by atoms with Gasteiger partial charge in [-0.2, -0.15) is 0 Å². The lowest BCUT2D eigenvalue weighted by Crippen LogP contribution is -2.14. The zero-order chi connectivity index (χ0) is 18.4. The number of rotatable bonds is 5. The van der Waals surface area contributed by atoms with Gasteiger partial charge in [-0.25, -0.2) is 0 Å². The van der Waals surface area contributed by atoms with E-state index in [0.717, 1.165) is 0 Å². The van der Waals surface area contributed by atoms with Crippen molar-refractivity contribution in [3.05, 3.63) is 78.4 Å². The quantitative estimate of drug-likeness (QED) is 0.739. The molecule has 2 N–H and O–H groups in total. The third-order valence-corrected chi connectivity index (χ3v) is 3.59. The summed E-state index contributed by atoms with van der Waals surface area (Å²) in [6.07, 6.45) is 6.19. The number of aromatic nitrogens is 2. The van der Waals surface area contributed by atoms with E-state index in [1.807, 2.05) is 0 Å². The second-order valence-electron chi connectivity index (χ2n) is 5.30. The molecule has 2 aromatic heterocycles. The Balaban J connectivity index is 1.75. The summed E-state index contributed by atoms with van der Waals surface area (Å²) in [4.78, 5) is 32.2. The Bertz CT molecular complexity index is 915. The van der Waals surface area contributed by atoms with Crippen molar-refractivity contribution in [3.8, 4) is 5.75 Å². The average Bonchev–Trinajstić information content (AvgIpc) is 2.70. The van der Waals surface area contributed by atoms with Gasteiger partial charge in [0.25, 0.3) is 11.8 Å². The summed E-state index contributed by atoms with van der Waals surface area (Å²) >= 11 is 0. The van der Waals surface area contributed by atoms with Gasteiger partial charge in [-0.3, -0.25) is 19.6 Å². The number of nitrogens with one attached hydrogen (secondary N) is 2. The van der Waals surface area contributed by atoms with E-state index in [4.69, 9.17) is 4.74 Å². The van der Waals surface area contributed by atoms with Crippen LogP contribution in [-0.2, 0) is 0 Å². The van der Waals surface area contributed by atoms with Gasteiger partial charge in [0.1, 0.15) is 5.75 Å². The lowest BCUT2D eigenvalue weighted by molar-refractivity contribution is 0.101. The van der Waals surface area contributed by atoms with E-state index in [2.05, 4.69) is 20.6 Å². The van der Waals surface area contributed by atoms with Crippen LogP contribution >= 0.6 is 0 Å². The largest absolute Gasteiger partial charge is 0.494 e. The third kappa shape index (κ3) is 4.02. The van der Waals surface area contributed by atoms with Crippen LogP contribution in [0.4, 0.5) is 11.4 Å². The molecule has 2 amide bonds. The molecule has 3 aromatic rings. The Labute approximate surface area is 150 Å². The predicted molar refractivity (Wildman–Crippen MR) is 97.4 cm³/mol. The maximum atomic E-state index is 12.3. The maximum Gasteiger partial charge on any atom is 0.255 e. The zero-order valence-corrected chi connectivity index (χ0v) is 14.0. The Morgan fingerprint density at radius 3 is 1.88 bits per heavy atom. The number of ether oxygens (including phenoxy) is 1. The minimum atomic E-state index is -0.278. The monoisotopic (exact) mass is 348 g/mol. The smallest absolute Gasteiger partial charge is 0.255 e. The highest BCUT2D eigenvalue weighted by molar-refractivity contribution is 6.06. The van der Waals surface area contributed by atoms with Crippen LogP contribution < -0.4 is 15.4 Å². The van der Waals surface area contributed by atoms with E-state index in [1.54, 1.807) is 67.3 Å². The van der Waals surface area contributed by atoms with Crippen LogP contribution in [0, 0.1) is 0 Å². The van der Waals surface area contributed by atoms with Crippen molar-refractivity contribution in [3.63, 3.8) is 0 Å². The van der Waals surface area contributed by atoms with E-state index in [-0.39, 0.29) is 11.8 Å². The van der Waals surface area contributed by atoms with Gasteiger partial charge in [-0.15, -0.1) is 0 Å². The summed E-state index contributed by atoms with van der Waals surface area (Å²) in [5.41, 5.74) is 2.02. The molecule has 0 aliphatic heterocycles. The number of carbonyl (C=O) groups excluding carboxylic acids is 2. The van der Waals surface area contributed by atoms with Crippen molar-refractivity contribution < 1.29 is 14.3 Å². The molecule has 0 spiro atoms. The lowest BCUT2D eigenvalue weighted by atomic mass is 10.2. The minimum Gasteiger partial charge on any atom is -0.494 e. The first-order valence-electron chi connectivity index (χ1n) is 7.78. The van der Waals surface area contributed by atoms with Crippen LogP contribution in [-0.4, -0.2) is 28.9 Å². The van der Waals surface area contributed by atoms with Crippen LogP contribution in [0.15, 0.2) is 67.3 Å². The Hall–Kier alpha value is -3.74. The Morgan fingerprint density at radius 2 is 1.35 bits per heavy atom. The second-order valence-corrected chi connectivity index (χ2v) is 5.30. The molecule has 0 aliphatic carbocycles. The number of hydrogen-bond donors (Lipinski definition) is 2. The third-order valence-electron chi connectivity index (χ3n) is 3.59. The van der Waals surface area contributed by atoms with Crippen LogP contribution in [0.3, 0.4) is 0 Å². The summed E-state index contributed by atoms with van der Waals surface area (Å²) in [7, 11) is 1.49. The number of benzene rings is 1. The number of anilines is 2. The van der Waals surface area contributed by atoms with Gasteiger partial charge in [0.15, 0.2) is 0 Å². The molecule has 0 aliphatic rings. The summed E-state index contributed by atoms with van der Waals surface area (Å²) in [5.74, 6) is -0.109. The van der Waals surface area contributed by atoms with Crippen LogP contribution in [0.1, 0.15) is 20.7 Å². The molecule has 26 heavy (non-hydrogen) atoms. The van der Waals surface area contributed by atoms with E-state index in [0.29, 0.717) is 28.3 Å². The topological polar surface area (TPSA) is 93.2 Å². The van der Waals surface area contributed by atoms with Crippen LogP contribution in [0.5, 0.6) is 5.75 Å². The number of carbonyl (C=O) groups is 2. The fourth-order valence-electron chi connectivity index (χ4n) is 2.28. The number of nitrogens with zero attached hydrogens (tertiary/aromatic N) is 2. The number of amides is 2. The summed E-state index contributed by atoms with van der Waals surface area (Å²) in [6, 6.07) is 11.5. The second kappa shape index (κ2) is 7.89. The molecular weight excluding hydrogens is 332 g/mol. The van der Waals surface area contributed by atoms with Gasteiger partial charge < -0.3 is 15.4 Å². The van der Waals surface area contributed by atoms with Gasteiger partial charge >= 0.3 is 0 Å². The van der Waals surface area contributed by atoms with Gasteiger partial charge in [-0.1, -0.05) is 0 Å². The normalized spacial score (nSPS) is 10.0. The fourth-order valence-corrected chi connectivity index (χ4v) is 2.28. The van der Waals surface area contributed by atoms with Crippen molar-refractivity contribution >= 4 is 23.2 Å². The first-order chi connectivity index (χ1) is 12.7. The molecular formula is C19H16N4O3. The van der Waals surface area contributed by atoms with Gasteiger partial charge in [0, 0.05) is 47.7 Å². The minimum absolute atomic E-state index is 0.261. The molecule has 0 radical (unpaired) electrons. The molecule has 0 atom stereocenters. The molecule has 2 heterocycles. The average molecular weight is 348 g/mol. The van der Waals surface area contributed by atoms with Crippen LogP contribution in [0.25, 0.3) is 0 Å². The standard InChI is InChI=1S/C19H16N4O3/c1-26-17-12-15(22-18(24)13-4-8-20-9-5-13)2-3-16(17)23-19(25)14-6-10-21-11-7-14/h2-12H,1H3,(H,22,24)(H,23,25). The summed E-state index contributed by atoms with van der Waals surface area (Å²) < 4.78 is 5.32. The SMILES string of the molecule is COc1cc(NC(=O)c2ccncc2)ccc1NC(=O)c1ccncc1. The number of pyridine rings is 2. The fraction of sp³-hybridized carbons (Fsp3) is 0.0526. The van der Waals surface area contributed by atoms with Gasteiger partial charge in [-0.05, 0) is 36.4 Å².